The third-order valence-corrected chi connectivity index (χ3v) is 3.23. The van der Waals surface area contributed by atoms with Crippen LogP contribution in [0.5, 0.6) is 0 Å². The van der Waals surface area contributed by atoms with Crippen molar-refractivity contribution < 1.29 is 0 Å². The summed E-state index contributed by atoms with van der Waals surface area (Å²) in [6, 6.07) is 9.15. The molecule has 0 amide bonds. The first kappa shape index (κ1) is 15.0. The predicted octanol–water partition coefficient (Wildman–Crippen LogP) is 3.80. The van der Waals surface area contributed by atoms with E-state index in [4.69, 9.17) is 5.73 Å². The third-order valence-electron chi connectivity index (χ3n) is 3.23. The molecule has 0 radical (unpaired) electrons. The Labute approximate surface area is 112 Å². The molecule has 0 saturated carbocycles. The molecule has 0 aliphatic carbocycles. The Morgan fingerprint density at radius 2 is 1.67 bits per heavy atom. The topological polar surface area (TPSA) is 29.3 Å². The van der Waals surface area contributed by atoms with Gasteiger partial charge in [0.05, 0.1) is 0 Å². The van der Waals surface area contributed by atoms with Gasteiger partial charge < -0.3 is 10.6 Å². The molecule has 0 aliphatic heterocycles. The third kappa shape index (κ3) is 4.69. The molecule has 0 heterocycles. The zero-order valence-corrected chi connectivity index (χ0v) is 12.5. The first-order chi connectivity index (χ1) is 8.33. The maximum atomic E-state index is 5.64. The molecule has 18 heavy (non-hydrogen) atoms. The summed E-state index contributed by atoms with van der Waals surface area (Å²) >= 11 is 0. The maximum Gasteiger partial charge on any atom is 0.0368 e. The van der Waals surface area contributed by atoms with Crippen molar-refractivity contribution in [2.45, 2.75) is 53.6 Å². The molecule has 1 aromatic rings. The molecule has 0 atom stereocenters. The van der Waals surface area contributed by atoms with Crippen LogP contribution in [0.3, 0.4) is 0 Å². The van der Waals surface area contributed by atoms with Crippen LogP contribution in [0.4, 0.5) is 5.69 Å². The van der Waals surface area contributed by atoms with Gasteiger partial charge in [-0.05, 0) is 43.4 Å². The largest absolute Gasteiger partial charge is 0.369 e. The predicted molar refractivity (Wildman–Crippen MR) is 80.9 cm³/mol. The van der Waals surface area contributed by atoms with E-state index in [1.807, 2.05) is 0 Å². The summed E-state index contributed by atoms with van der Waals surface area (Å²) in [6.07, 6.45) is 1.20. The van der Waals surface area contributed by atoms with Crippen LogP contribution >= 0.6 is 0 Å². The number of hydrogen-bond acceptors (Lipinski definition) is 2. The summed E-state index contributed by atoms with van der Waals surface area (Å²) in [7, 11) is 0. The van der Waals surface area contributed by atoms with Gasteiger partial charge in [0.15, 0.2) is 0 Å². The quantitative estimate of drug-likeness (QED) is 0.859. The van der Waals surface area contributed by atoms with Gasteiger partial charge in [-0.3, -0.25) is 0 Å². The summed E-state index contributed by atoms with van der Waals surface area (Å²) in [6.45, 7) is 13.1. The van der Waals surface area contributed by atoms with Gasteiger partial charge in [0.1, 0.15) is 0 Å². The Hall–Kier alpha value is -1.02. The lowest BCUT2D eigenvalue weighted by Crippen LogP contribution is -2.33. The highest BCUT2D eigenvalue weighted by molar-refractivity contribution is 5.48. The van der Waals surface area contributed by atoms with Crippen molar-refractivity contribution in [3.05, 3.63) is 29.8 Å². The normalized spacial score (nSPS) is 11.9. The van der Waals surface area contributed by atoms with Crippen molar-refractivity contribution >= 4 is 5.69 Å². The second kappa shape index (κ2) is 6.24. The highest BCUT2D eigenvalue weighted by atomic mass is 15.1. The van der Waals surface area contributed by atoms with Gasteiger partial charge in [-0.2, -0.15) is 0 Å². The molecule has 0 aliphatic rings. The van der Waals surface area contributed by atoms with Crippen molar-refractivity contribution in [2.75, 3.05) is 11.4 Å². The Morgan fingerprint density at radius 1 is 1.11 bits per heavy atom. The van der Waals surface area contributed by atoms with Crippen LogP contribution in [0, 0.1) is 5.41 Å². The monoisotopic (exact) mass is 248 g/mol. The summed E-state index contributed by atoms with van der Waals surface area (Å²) < 4.78 is 0. The van der Waals surface area contributed by atoms with E-state index in [2.05, 4.69) is 63.8 Å². The fourth-order valence-electron chi connectivity index (χ4n) is 1.96. The van der Waals surface area contributed by atoms with Gasteiger partial charge >= 0.3 is 0 Å². The van der Waals surface area contributed by atoms with Gasteiger partial charge in [0, 0.05) is 24.8 Å². The van der Waals surface area contributed by atoms with Crippen LogP contribution < -0.4 is 10.6 Å². The van der Waals surface area contributed by atoms with E-state index < -0.39 is 0 Å². The van der Waals surface area contributed by atoms with Crippen molar-refractivity contribution in [1.29, 1.82) is 0 Å². The zero-order chi connectivity index (χ0) is 13.8. The van der Waals surface area contributed by atoms with Crippen LogP contribution in [0.2, 0.25) is 0 Å². The lowest BCUT2D eigenvalue weighted by molar-refractivity contribution is 0.374. The molecule has 2 N–H and O–H groups in total. The molecule has 102 valence electrons. The molecule has 1 rings (SSSR count). The first-order valence-electron chi connectivity index (χ1n) is 6.89. The van der Waals surface area contributed by atoms with Crippen molar-refractivity contribution in [3.63, 3.8) is 0 Å². The smallest absolute Gasteiger partial charge is 0.0368 e. The van der Waals surface area contributed by atoms with E-state index in [0.29, 0.717) is 18.0 Å². The summed E-state index contributed by atoms with van der Waals surface area (Å²) in [5, 5.41) is 0. The molecular formula is C16H28N2. The number of benzene rings is 1. The van der Waals surface area contributed by atoms with E-state index in [9.17, 15) is 0 Å². The minimum Gasteiger partial charge on any atom is -0.369 e. The van der Waals surface area contributed by atoms with Gasteiger partial charge in [-0.25, -0.2) is 0 Å². The number of rotatable bonds is 5. The van der Waals surface area contributed by atoms with E-state index >= 15 is 0 Å². The van der Waals surface area contributed by atoms with Crippen molar-refractivity contribution in [1.82, 2.24) is 0 Å². The molecule has 2 nitrogen and oxygen atoms in total. The lowest BCUT2D eigenvalue weighted by Gasteiger charge is -2.32. The second-order valence-electron chi connectivity index (χ2n) is 6.47. The first-order valence-corrected chi connectivity index (χ1v) is 6.89. The summed E-state index contributed by atoms with van der Waals surface area (Å²) in [5.74, 6) is 0. The van der Waals surface area contributed by atoms with Gasteiger partial charge in [0.2, 0.25) is 0 Å². The Balaban J connectivity index is 2.77. The van der Waals surface area contributed by atoms with Crippen LogP contribution in [0.1, 0.15) is 46.6 Å². The van der Waals surface area contributed by atoms with Gasteiger partial charge in [-0.1, -0.05) is 32.9 Å². The Bertz CT molecular complexity index is 346. The van der Waals surface area contributed by atoms with E-state index in [1.165, 1.54) is 17.7 Å². The van der Waals surface area contributed by atoms with Crippen LogP contribution in [0.15, 0.2) is 24.3 Å². The lowest BCUT2D eigenvalue weighted by atomic mass is 9.92. The Kier molecular flexibility index (Phi) is 5.21. The average molecular weight is 248 g/mol. The van der Waals surface area contributed by atoms with Crippen molar-refractivity contribution in [3.8, 4) is 0 Å². The standard InChI is InChI=1S/C16H28N2/c1-13(2)18(11-10-16(3,4)5)15-8-6-14(12-17)7-9-15/h6-9,13H,10-12,17H2,1-5H3. The number of nitrogens with two attached hydrogens (primary N) is 1. The molecule has 2 heteroatoms. The minimum atomic E-state index is 0.379. The molecule has 1 aromatic carbocycles. The molecule has 0 fully saturated rings. The maximum absolute atomic E-state index is 5.64. The van der Waals surface area contributed by atoms with E-state index in [1.54, 1.807) is 0 Å². The van der Waals surface area contributed by atoms with Crippen LogP contribution in [-0.4, -0.2) is 12.6 Å². The summed E-state index contributed by atoms with van der Waals surface area (Å²) in [4.78, 5) is 2.46. The Morgan fingerprint density at radius 3 is 2.06 bits per heavy atom. The molecule has 0 aromatic heterocycles. The molecule has 0 saturated heterocycles. The highest BCUT2D eigenvalue weighted by Crippen LogP contribution is 2.23. The molecule has 0 unspecified atom stereocenters. The fourth-order valence-corrected chi connectivity index (χ4v) is 1.96. The number of hydrogen-bond donors (Lipinski definition) is 1. The zero-order valence-electron chi connectivity index (χ0n) is 12.5. The fraction of sp³-hybridized carbons (Fsp3) is 0.625. The van der Waals surface area contributed by atoms with Gasteiger partial charge in [-0.15, -0.1) is 0 Å². The minimum absolute atomic E-state index is 0.379. The van der Waals surface area contributed by atoms with Gasteiger partial charge in [0.25, 0.3) is 0 Å². The van der Waals surface area contributed by atoms with Crippen LogP contribution in [0.25, 0.3) is 0 Å². The van der Waals surface area contributed by atoms with Crippen molar-refractivity contribution in [2.24, 2.45) is 11.1 Å². The second-order valence-corrected chi connectivity index (χ2v) is 6.47. The van der Waals surface area contributed by atoms with E-state index in [0.717, 1.165) is 6.54 Å². The molecule has 0 bridgehead atoms. The molecule has 0 spiro atoms. The number of nitrogens with zero attached hydrogens (tertiary/aromatic N) is 1. The van der Waals surface area contributed by atoms with Crippen LogP contribution in [-0.2, 0) is 6.54 Å². The molecular weight excluding hydrogens is 220 g/mol. The van der Waals surface area contributed by atoms with E-state index in [-0.39, 0.29) is 0 Å². The SMILES string of the molecule is CC(C)N(CCC(C)(C)C)c1ccc(CN)cc1. The number of anilines is 1. The average Bonchev–Trinajstić information content (AvgIpc) is 2.28. The highest BCUT2D eigenvalue weighted by Gasteiger charge is 2.15. The summed E-state index contributed by atoms with van der Waals surface area (Å²) in [5.41, 5.74) is 8.51.